The normalized spacial score (nSPS) is 10.6. The number of carbonyl (C=O) groups is 1. The van der Waals surface area contributed by atoms with E-state index in [0.717, 1.165) is 17.5 Å². The van der Waals surface area contributed by atoms with Crippen LogP contribution in [-0.4, -0.2) is 21.1 Å². The van der Waals surface area contributed by atoms with Gasteiger partial charge in [0.1, 0.15) is 28.3 Å². The fraction of sp³-hybridized carbons (Fsp3) is 0.150. The van der Waals surface area contributed by atoms with Crippen LogP contribution in [0.5, 0.6) is 0 Å². The fourth-order valence-electron chi connectivity index (χ4n) is 3.05. The first-order valence-electron chi connectivity index (χ1n) is 8.38. The SMILES string of the molecule is Cc1cc(C(=O)CSc2nc(N)cc(N)c2C#N)c(C)n1-c1cccc(F)c1. The minimum atomic E-state index is -0.345. The molecule has 0 bridgehead atoms. The average Bonchev–Trinajstić information content (AvgIpc) is 2.93. The van der Waals surface area contributed by atoms with Crippen molar-refractivity contribution in [1.29, 1.82) is 5.26 Å². The van der Waals surface area contributed by atoms with Crippen LogP contribution in [0.4, 0.5) is 15.9 Å². The molecule has 0 aliphatic heterocycles. The first-order valence-corrected chi connectivity index (χ1v) is 9.37. The summed E-state index contributed by atoms with van der Waals surface area (Å²) in [4.78, 5) is 16.9. The number of nitriles is 1. The number of rotatable bonds is 5. The standard InChI is InChI=1S/C20H18FN5OS/c1-11-6-15(12(2)26(11)14-5-3-4-13(21)7-14)18(27)10-28-20-16(9-22)17(23)8-19(24)25-20/h3-8H,10H2,1-2H3,(H4,23,24,25). The third kappa shape index (κ3) is 3.70. The summed E-state index contributed by atoms with van der Waals surface area (Å²) in [6, 6.07) is 11.4. The Morgan fingerprint density at radius 2 is 2.04 bits per heavy atom. The second-order valence-electron chi connectivity index (χ2n) is 6.24. The lowest BCUT2D eigenvalue weighted by atomic mass is 10.2. The summed E-state index contributed by atoms with van der Waals surface area (Å²) in [5, 5.41) is 9.59. The molecule has 8 heteroatoms. The first-order chi connectivity index (χ1) is 13.3. The van der Waals surface area contributed by atoms with Crippen molar-refractivity contribution in [3.8, 4) is 11.8 Å². The molecule has 0 radical (unpaired) electrons. The predicted molar refractivity (Wildman–Crippen MR) is 108 cm³/mol. The number of pyridine rings is 1. The van der Waals surface area contributed by atoms with Crippen LogP contribution < -0.4 is 11.5 Å². The Balaban J connectivity index is 1.87. The number of thioether (sulfide) groups is 1. The van der Waals surface area contributed by atoms with Gasteiger partial charge >= 0.3 is 0 Å². The van der Waals surface area contributed by atoms with Crippen molar-refractivity contribution in [1.82, 2.24) is 9.55 Å². The minimum absolute atomic E-state index is 0.0675. The number of nitrogens with two attached hydrogens (primary N) is 2. The number of benzene rings is 1. The number of halogens is 1. The minimum Gasteiger partial charge on any atom is -0.397 e. The largest absolute Gasteiger partial charge is 0.397 e. The highest BCUT2D eigenvalue weighted by molar-refractivity contribution is 8.00. The van der Waals surface area contributed by atoms with Gasteiger partial charge in [-0.05, 0) is 38.1 Å². The van der Waals surface area contributed by atoms with Crippen LogP contribution in [-0.2, 0) is 0 Å². The van der Waals surface area contributed by atoms with E-state index in [1.54, 1.807) is 18.2 Å². The zero-order valence-corrected chi connectivity index (χ0v) is 16.2. The Labute approximate surface area is 166 Å². The van der Waals surface area contributed by atoms with E-state index >= 15 is 0 Å². The van der Waals surface area contributed by atoms with Crippen molar-refractivity contribution >= 4 is 29.1 Å². The molecular weight excluding hydrogens is 377 g/mol. The summed E-state index contributed by atoms with van der Waals surface area (Å²) >= 11 is 1.11. The number of ketones is 1. The van der Waals surface area contributed by atoms with Gasteiger partial charge < -0.3 is 16.0 Å². The molecule has 0 aliphatic rings. The van der Waals surface area contributed by atoms with Crippen molar-refractivity contribution in [2.45, 2.75) is 18.9 Å². The number of aryl methyl sites for hydroxylation is 1. The van der Waals surface area contributed by atoms with Crippen LogP contribution >= 0.6 is 11.8 Å². The van der Waals surface area contributed by atoms with Gasteiger partial charge in [0.25, 0.3) is 0 Å². The molecule has 4 N–H and O–H groups in total. The van der Waals surface area contributed by atoms with E-state index in [1.165, 1.54) is 18.2 Å². The smallest absolute Gasteiger partial charge is 0.174 e. The summed E-state index contributed by atoms with van der Waals surface area (Å²) in [6.07, 6.45) is 0. The summed E-state index contributed by atoms with van der Waals surface area (Å²) in [7, 11) is 0. The lowest BCUT2D eigenvalue weighted by Crippen LogP contribution is -2.07. The predicted octanol–water partition coefficient (Wildman–Crippen LogP) is 3.64. The summed E-state index contributed by atoms with van der Waals surface area (Å²) in [6.45, 7) is 3.67. The Kier molecular flexibility index (Phi) is 5.38. The van der Waals surface area contributed by atoms with Gasteiger partial charge in [0.15, 0.2) is 5.78 Å². The number of hydrogen-bond donors (Lipinski definition) is 2. The maximum absolute atomic E-state index is 13.6. The van der Waals surface area contributed by atoms with E-state index < -0.39 is 0 Å². The van der Waals surface area contributed by atoms with Gasteiger partial charge in [-0.3, -0.25) is 4.79 Å². The Hall–Kier alpha value is -3.31. The average molecular weight is 395 g/mol. The second-order valence-corrected chi connectivity index (χ2v) is 7.20. The molecule has 3 aromatic rings. The maximum Gasteiger partial charge on any atom is 0.174 e. The molecule has 0 aliphatic carbocycles. The van der Waals surface area contributed by atoms with Crippen molar-refractivity contribution < 1.29 is 9.18 Å². The molecule has 0 saturated heterocycles. The van der Waals surface area contributed by atoms with Gasteiger partial charge in [0, 0.05) is 28.7 Å². The Bertz CT molecular complexity index is 1120. The highest BCUT2D eigenvalue weighted by atomic mass is 32.2. The molecule has 2 aromatic heterocycles. The quantitative estimate of drug-likeness (QED) is 0.504. The second kappa shape index (κ2) is 7.74. The molecule has 1 aromatic carbocycles. The summed E-state index contributed by atoms with van der Waals surface area (Å²) in [5.74, 6) is -0.219. The third-order valence-electron chi connectivity index (χ3n) is 4.29. The summed E-state index contributed by atoms with van der Waals surface area (Å²) < 4.78 is 15.4. The number of anilines is 2. The third-order valence-corrected chi connectivity index (χ3v) is 5.26. The van der Waals surface area contributed by atoms with Gasteiger partial charge in [-0.2, -0.15) is 5.26 Å². The molecule has 142 valence electrons. The van der Waals surface area contributed by atoms with Crippen molar-refractivity contribution in [2.75, 3.05) is 17.2 Å². The maximum atomic E-state index is 13.6. The molecule has 2 heterocycles. The van der Waals surface area contributed by atoms with Gasteiger partial charge in [-0.15, -0.1) is 0 Å². The molecule has 3 rings (SSSR count). The van der Waals surface area contributed by atoms with Crippen LogP contribution in [0.2, 0.25) is 0 Å². The highest BCUT2D eigenvalue weighted by Gasteiger charge is 2.19. The number of aromatic nitrogens is 2. The molecule has 28 heavy (non-hydrogen) atoms. The fourth-order valence-corrected chi connectivity index (χ4v) is 3.95. The number of nitrogens with zero attached hydrogens (tertiary/aromatic N) is 3. The molecule has 0 fully saturated rings. The van der Waals surface area contributed by atoms with Crippen molar-refractivity contribution in [3.05, 3.63) is 64.7 Å². The molecule has 0 amide bonds. The molecule has 0 saturated carbocycles. The number of carbonyl (C=O) groups excluding carboxylic acids is 1. The van der Waals surface area contributed by atoms with E-state index in [9.17, 15) is 14.4 Å². The first kappa shape index (κ1) is 19.5. The van der Waals surface area contributed by atoms with E-state index in [0.29, 0.717) is 22.0 Å². The Morgan fingerprint density at radius 1 is 1.29 bits per heavy atom. The topological polar surface area (TPSA) is 111 Å². The lowest BCUT2D eigenvalue weighted by Gasteiger charge is -2.10. The Morgan fingerprint density at radius 3 is 2.71 bits per heavy atom. The van der Waals surface area contributed by atoms with E-state index in [4.69, 9.17) is 11.5 Å². The van der Waals surface area contributed by atoms with E-state index in [2.05, 4.69) is 4.98 Å². The van der Waals surface area contributed by atoms with Crippen molar-refractivity contribution in [3.63, 3.8) is 0 Å². The molecule has 0 spiro atoms. The monoisotopic (exact) mass is 395 g/mol. The zero-order chi connectivity index (χ0) is 20.4. The van der Waals surface area contributed by atoms with Gasteiger partial charge in [-0.25, -0.2) is 9.37 Å². The number of hydrogen-bond acceptors (Lipinski definition) is 6. The van der Waals surface area contributed by atoms with Crippen LogP contribution in [0.3, 0.4) is 0 Å². The molecule has 6 nitrogen and oxygen atoms in total. The van der Waals surface area contributed by atoms with Gasteiger partial charge in [0.05, 0.1) is 11.4 Å². The highest BCUT2D eigenvalue weighted by Crippen LogP contribution is 2.28. The van der Waals surface area contributed by atoms with Crippen LogP contribution in [0.15, 0.2) is 41.4 Å². The van der Waals surface area contributed by atoms with Crippen molar-refractivity contribution in [2.24, 2.45) is 0 Å². The van der Waals surface area contributed by atoms with Crippen LogP contribution in [0.1, 0.15) is 27.3 Å². The molecule has 0 unspecified atom stereocenters. The van der Waals surface area contributed by atoms with Gasteiger partial charge in [-0.1, -0.05) is 17.8 Å². The molecular formula is C20H18FN5OS. The zero-order valence-electron chi connectivity index (χ0n) is 15.4. The number of Topliss-reactive ketones (excluding diaryl/α,β-unsaturated/α-hetero) is 1. The number of nitrogen functional groups attached to an aromatic ring is 2. The molecule has 0 atom stereocenters. The van der Waals surface area contributed by atoms with E-state index in [-0.39, 0.29) is 34.4 Å². The lowest BCUT2D eigenvalue weighted by molar-refractivity contribution is 0.102. The summed E-state index contributed by atoms with van der Waals surface area (Å²) in [5.41, 5.74) is 14.6. The van der Waals surface area contributed by atoms with E-state index in [1.807, 2.05) is 24.5 Å². The van der Waals surface area contributed by atoms with Crippen LogP contribution in [0, 0.1) is 31.0 Å². The van der Waals surface area contributed by atoms with Gasteiger partial charge in [0.2, 0.25) is 0 Å². The van der Waals surface area contributed by atoms with Crippen LogP contribution in [0.25, 0.3) is 5.69 Å².